The fourth-order valence-electron chi connectivity index (χ4n) is 1.61. The van der Waals surface area contributed by atoms with E-state index in [0.717, 1.165) is 12.1 Å². The Morgan fingerprint density at radius 2 is 2.00 bits per heavy atom. The number of benzene rings is 1. The lowest BCUT2D eigenvalue weighted by atomic mass is 10.1. The number of halogens is 2. The molecule has 2 rings (SSSR count). The van der Waals surface area contributed by atoms with Gasteiger partial charge in [0.2, 0.25) is 0 Å². The Morgan fingerprint density at radius 1 is 1.31 bits per heavy atom. The predicted molar refractivity (Wildman–Crippen MR) is 59.5 cm³/mol. The van der Waals surface area contributed by atoms with Crippen molar-refractivity contribution in [1.29, 1.82) is 0 Å². The molecule has 0 aliphatic carbocycles. The summed E-state index contributed by atoms with van der Waals surface area (Å²) in [5.74, 6) is -0.510. The standard InChI is InChI=1S/C10H7ClFNO2S/c1-6-10-7(4-5-13-6)9(16(11,14)15)3-2-8(10)12/h2-5H,1H3. The van der Waals surface area contributed by atoms with Crippen LogP contribution in [0, 0.1) is 12.7 Å². The van der Waals surface area contributed by atoms with Crippen molar-refractivity contribution in [2.45, 2.75) is 11.8 Å². The molecule has 0 N–H and O–H groups in total. The zero-order chi connectivity index (χ0) is 11.9. The Hall–Kier alpha value is -1.20. The molecule has 1 aromatic carbocycles. The Morgan fingerprint density at radius 3 is 2.62 bits per heavy atom. The minimum absolute atomic E-state index is 0.101. The van der Waals surface area contributed by atoms with Gasteiger partial charge >= 0.3 is 0 Å². The van der Waals surface area contributed by atoms with Gasteiger partial charge in [0, 0.05) is 33.3 Å². The molecule has 0 saturated carbocycles. The Bertz CT molecular complexity index is 662. The minimum Gasteiger partial charge on any atom is -0.261 e. The fraction of sp³-hybridized carbons (Fsp3) is 0.100. The van der Waals surface area contributed by atoms with Gasteiger partial charge in [-0.2, -0.15) is 0 Å². The molecule has 6 heteroatoms. The fourth-order valence-corrected chi connectivity index (χ4v) is 2.67. The SMILES string of the molecule is Cc1nccc2c(S(=O)(=O)Cl)ccc(F)c12. The van der Waals surface area contributed by atoms with Gasteiger partial charge in [0.05, 0.1) is 4.90 Å². The van der Waals surface area contributed by atoms with E-state index in [1.807, 2.05) is 0 Å². The summed E-state index contributed by atoms with van der Waals surface area (Å²) in [6, 6.07) is 3.66. The zero-order valence-corrected chi connectivity index (χ0v) is 9.81. The molecule has 0 unspecified atom stereocenters. The molecule has 16 heavy (non-hydrogen) atoms. The molecule has 0 saturated heterocycles. The molecule has 0 amide bonds. The van der Waals surface area contributed by atoms with E-state index in [2.05, 4.69) is 4.98 Å². The molecule has 0 fully saturated rings. The number of pyridine rings is 1. The third kappa shape index (κ3) is 1.76. The Kier molecular flexibility index (Phi) is 2.59. The maximum Gasteiger partial charge on any atom is 0.261 e. The van der Waals surface area contributed by atoms with Crippen molar-refractivity contribution < 1.29 is 12.8 Å². The van der Waals surface area contributed by atoms with E-state index in [9.17, 15) is 12.8 Å². The number of rotatable bonds is 1. The molecule has 3 nitrogen and oxygen atoms in total. The van der Waals surface area contributed by atoms with Crippen LogP contribution in [-0.2, 0) is 9.05 Å². The largest absolute Gasteiger partial charge is 0.261 e. The van der Waals surface area contributed by atoms with Gasteiger partial charge in [-0.05, 0) is 25.1 Å². The van der Waals surface area contributed by atoms with Gasteiger partial charge in [-0.25, -0.2) is 12.8 Å². The summed E-state index contributed by atoms with van der Waals surface area (Å²) in [5.41, 5.74) is 0.428. The highest BCUT2D eigenvalue weighted by atomic mass is 35.7. The molecule has 0 radical (unpaired) electrons. The summed E-state index contributed by atoms with van der Waals surface area (Å²) in [6.07, 6.45) is 1.42. The Labute approximate surface area is 96.3 Å². The van der Waals surface area contributed by atoms with Crippen molar-refractivity contribution in [3.8, 4) is 0 Å². The highest BCUT2D eigenvalue weighted by molar-refractivity contribution is 8.14. The van der Waals surface area contributed by atoms with E-state index >= 15 is 0 Å². The van der Waals surface area contributed by atoms with Crippen molar-refractivity contribution >= 4 is 30.5 Å². The number of fused-ring (bicyclic) bond motifs is 1. The van der Waals surface area contributed by atoms with Crippen molar-refractivity contribution in [2.24, 2.45) is 0 Å². The van der Waals surface area contributed by atoms with Crippen molar-refractivity contribution in [2.75, 3.05) is 0 Å². The van der Waals surface area contributed by atoms with E-state index in [4.69, 9.17) is 10.7 Å². The molecule has 84 valence electrons. The van der Waals surface area contributed by atoms with Crippen LogP contribution in [0.4, 0.5) is 4.39 Å². The van der Waals surface area contributed by atoms with Crippen LogP contribution >= 0.6 is 10.7 Å². The Balaban J connectivity index is 3.02. The zero-order valence-electron chi connectivity index (χ0n) is 8.24. The average Bonchev–Trinajstić information content (AvgIpc) is 2.16. The first kappa shape index (κ1) is 11.3. The molecule has 0 spiro atoms. The van der Waals surface area contributed by atoms with E-state index < -0.39 is 14.9 Å². The van der Waals surface area contributed by atoms with Crippen LogP contribution in [0.15, 0.2) is 29.3 Å². The molecule has 1 aromatic heterocycles. The monoisotopic (exact) mass is 259 g/mol. The van der Waals surface area contributed by atoms with Gasteiger partial charge in [0.15, 0.2) is 0 Å². The number of hydrogen-bond acceptors (Lipinski definition) is 3. The van der Waals surface area contributed by atoms with Gasteiger partial charge in [0.25, 0.3) is 9.05 Å². The number of nitrogens with zero attached hydrogens (tertiary/aromatic N) is 1. The maximum absolute atomic E-state index is 13.5. The van der Waals surface area contributed by atoms with Gasteiger partial charge in [-0.15, -0.1) is 0 Å². The molecule has 0 bridgehead atoms. The van der Waals surface area contributed by atoms with Crippen molar-refractivity contribution in [1.82, 2.24) is 4.98 Å². The van der Waals surface area contributed by atoms with Crippen LogP contribution in [0.25, 0.3) is 10.8 Å². The second kappa shape index (κ2) is 3.68. The first-order valence-corrected chi connectivity index (χ1v) is 6.70. The molecule has 0 aliphatic rings. The van der Waals surface area contributed by atoms with Gasteiger partial charge in [0.1, 0.15) is 5.82 Å². The van der Waals surface area contributed by atoms with Gasteiger partial charge in [-0.1, -0.05) is 0 Å². The maximum atomic E-state index is 13.5. The minimum atomic E-state index is -3.89. The molecule has 1 heterocycles. The normalized spacial score (nSPS) is 11.9. The summed E-state index contributed by atoms with van der Waals surface area (Å²) in [7, 11) is 1.39. The van der Waals surface area contributed by atoms with E-state index in [0.29, 0.717) is 5.69 Å². The van der Waals surface area contributed by atoms with Gasteiger partial charge in [-0.3, -0.25) is 4.98 Å². The van der Waals surface area contributed by atoms with Crippen molar-refractivity contribution in [3.05, 3.63) is 35.9 Å². The first-order valence-electron chi connectivity index (χ1n) is 4.40. The second-order valence-electron chi connectivity index (χ2n) is 3.30. The molecule has 0 aliphatic heterocycles. The number of hydrogen-bond donors (Lipinski definition) is 0. The van der Waals surface area contributed by atoms with E-state index in [1.54, 1.807) is 6.92 Å². The summed E-state index contributed by atoms with van der Waals surface area (Å²) in [6.45, 7) is 1.61. The predicted octanol–water partition coefficient (Wildman–Crippen LogP) is 2.61. The number of aryl methyl sites for hydroxylation is 1. The third-order valence-electron chi connectivity index (χ3n) is 2.29. The highest BCUT2D eigenvalue weighted by Crippen LogP contribution is 2.28. The lowest BCUT2D eigenvalue weighted by molar-refractivity contribution is 0.609. The lowest BCUT2D eigenvalue weighted by Gasteiger charge is -2.06. The van der Waals surface area contributed by atoms with Crippen LogP contribution in [0.1, 0.15) is 5.69 Å². The van der Waals surface area contributed by atoms with E-state index in [1.165, 1.54) is 12.3 Å². The molecular weight excluding hydrogens is 253 g/mol. The third-order valence-corrected chi connectivity index (χ3v) is 3.67. The van der Waals surface area contributed by atoms with Crippen LogP contribution in [0.5, 0.6) is 0 Å². The van der Waals surface area contributed by atoms with Crippen LogP contribution in [0.3, 0.4) is 0 Å². The summed E-state index contributed by atoms with van der Waals surface area (Å²) >= 11 is 0. The van der Waals surface area contributed by atoms with Gasteiger partial charge < -0.3 is 0 Å². The molecule has 2 aromatic rings. The molecule has 0 atom stereocenters. The topological polar surface area (TPSA) is 47.0 Å². The first-order chi connectivity index (χ1) is 7.41. The summed E-state index contributed by atoms with van der Waals surface area (Å²) in [5, 5.41) is 0.437. The van der Waals surface area contributed by atoms with Crippen molar-refractivity contribution in [3.63, 3.8) is 0 Å². The lowest BCUT2D eigenvalue weighted by Crippen LogP contribution is -1.96. The summed E-state index contributed by atoms with van der Waals surface area (Å²) in [4.78, 5) is 3.81. The van der Waals surface area contributed by atoms with E-state index in [-0.39, 0.29) is 15.7 Å². The quantitative estimate of drug-likeness (QED) is 0.740. The average molecular weight is 260 g/mol. The summed E-state index contributed by atoms with van der Waals surface area (Å²) < 4.78 is 36.1. The molecular formula is C10H7ClFNO2S. The highest BCUT2D eigenvalue weighted by Gasteiger charge is 2.17. The smallest absolute Gasteiger partial charge is 0.261 e. The van der Waals surface area contributed by atoms with Crippen LogP contribution in [0.2, 0.25) is 0 Å². The van der Waals surface area contributed by atoms with Crippen LogP contribution < -0.4 is 0 Å². The van der Waals surface area contributed by atoms with Crippen LogP contribution in [-0.4, -0.2) is 13.4 Å². The number of aromatic nitrogens is 1. The second-order valence-corrected chi connectivity index (χ2v) is 5.84.